The smallest absolute Gasteiger partial charge is 0.188 e. The van der Waals surface area contributed by atoms with E-state index in [1.54, 1.807) is 0 Å². The van der Waals surface area contributed by atoms with E-state index in [-0.39, 0.29) is 30.6 Å². The number of hydrogen-bond donors (Lipinski definition) is 3. The van der Waals surface area contributed by atoms with E-state index in [1.165, 1.54) is 19.3 Å². The Hall–Kier alpha value is -0.0400. The minimum atomic E-state index is 0. The Morgan fingerprint density at radius 2 is 2.17 bits per heavy atom. The number of aliphatic imine (C=N–C) groups is 1. The quantitative estimate of drug-likeness (QED) is 0.349. The Kier molecular flexibility index (Phi) is 10.8. The van der Waals surface area contributed by atoms with Crippen molar-refractivity contribution in [1.82, 2.24) is 5.32 Å². The standard InChI is InChI=1S/C13H27N3O.HI/c1-2-4-11(7-8-17)9-15-13(14)16-10-12-5-3-6-12;/h11-12,17H,2-10H2,1H3,(H3,14,15,16);1H. The molecular weight excluding hydrogens is 341 g/mol. The Bertz CT molecular complexity index is 226. The van der Waals surface area contributed by atoms with Gasteiger partial charge in [-0.15, -0.1) is 24.0 Å². The van der Waals surface area contributed by atoms with Gasteiger partial charge in [-0.05, 0) is 37.5 Å². The SMILES string of the molecule is CCCC(CCO)CN=C(N)NCC1CCC1.I. The van der Waals surface area contributed by atoms with Crippen LogP contribution in [0.3, 0.4) is 0 Å². The van der Waals surface area contributed by atoms with Crippen LogP contribution in [-0.2, 0) is 0 Å². The first-order valence-corrected chi connectivity index (χ1v) is 6.90. The van der Waals surface area contributed by atoms with Gasteiger partial charge in [-0.1, -0.05) is 19.8 Å². The Labute approximate surface area is 128 Å². The van der Waals surface area contributed by atoms with E-state index in [4.69, 9.17) is 10.8 Å². The van der Waals surface area contributed by atoms with E-state index < -0.39 is 0 Å². The summed E-state index contributed by atoms with van der Waals surface area (Å²) in [4.78, 5) is 4.36. The average molecular weight is 369 g/mol. The number of aliphatic hydroxyl groups is 1. The van der Waals surface area contributed by atoms with Gasteiger partial charge in [0.2, 0.25) is 0 Å². The summed E-state index contributed by atoms with van der Waals surface area (Å²) in [6, 6.07) is 0. The van der Waals surface area contributed by atoms with Gasteiger partial charge in [-0.3, -0.25) is 4.99 Å². The highest BCUT2D eigenvalue weighted by molar-refractivity contribution is 14.0. The van der Waals surface area contributed by atoms with Gasteiger partial charge in [0.25, 0.3) is 0 Å². The molecule has 1 saturated carbocycles. The Morgan fingerprint density at radius 1 is 1.44 bits per heavy atom. The number of nitrogens with two attached hydrogens (primary N) is 1. The first kappa shape index (κ1) is 18.0. The molecule has 0 spiro atoms. The topological polar surface area (TPSA) is 70.6 Å². The van der Waals surface area contributed by atoms with Crippen molar-refractivity contribution in [2.24, 2.45) is 22.6 Å². The predicted molar refractivity (Wildman–Crippen MR) is 87.3 cm³/mol. The highest BCUT2D eigenvalue weighted by Gasteiger charge is 2.16. The molecule has 5 heteroatoms. The normalized spacial score (nSPS) is 17.8. The van der Waals surface area contributed by atoms with Crippen LogP contribution in [0.25, 0.3) is 0 Å². The molecule has 4 nitrogen and oxygen atoms in total. The van der Waals surface area contributed by atoms with Gasteiger partial charge in [-0.2, -0.15) is 0 Å². The van der Waals surface area contributed by atoms with Crippen LogP contribution in [0.4, 0.5) is 0 Å². The fourth-order valence-corrected chi connectivity index (χ4v) is 2.15. The first-order chi connectivity index (χ1) is 8.26. The predicted octanol–water partition coefficient (Wildman–Crippen LogP) is 2.11. The molecule has 0 amide bonds. The molecular formula is C13H28IN3O. The minimum Gasteiger partial charge on any atom is -0.396 e. The van der Waals surface area contributed by atoms with Crippen LogP contribution >= 0.6 is 24.0 Å². The van der Waals surface area contributed by atoms with Gasteiger partial charge in [0, 0.05) is 19.7 Å². The lowest BCUT2D eigenvalue weighted by molar-refractivity contribution is 0.253. The number of rotatable bonds is 8. The van der Waals surface area contributed by atoms with Crippen LogP contribution in [0.1, 0.15) is 45.4 Å². The number of hydrogen-bond acceptors (Lipinski definition) is 2. The molecule has 0 radical (unpaired) electrons. The second-order valence-electron chi connectivity index (χ2n) is 5.07. The second-order valence-corrected chi connectivity index (χ2v) is 5.07. The molecule has 0 heterocycles. The maximum atomic E-state index is 8.95. The van der Waals surface area contributed by atoms with E-state index in [9.17, 15) is 0 Å². The van der Waals surface area contributed by atoms with E-state index in [0.717, 1.165) is 38.3 Å². The summed E-state index contributed by atoms with van der Waals surface area (Å²) in [5.74, 6) is 1.83. The summed E-state index contributed by atoms with van der Waals surface area (Å²) < 4.78 is 0. The lowest BCUT2D eigenvalue weighted by Crippen LogP contribution is -2.37. The summed E-state index contributed by atoms with van der Waals surface area (Å²) in [7, 11) is 0. The average Bonchev–Trinajstić information content (AvgIpc) is 2.24. The molecule has 0 aromatic heterocycles. The number of halogens is 1. The minimum absolute atomic E-state index is 0. The summed E-state index contributed by atoms with van der Waals surface area (Å²) in [6.07, 6.45) is 7.08. The van der Waals surface area contributed by atoms with Crippen LogP contribution in [0.2, 0.25) is 0 Å². The van der Waals surface area contributed by atoms with Crippen molar-refractivity contribution in [3.05, 3.63) is 0 Å². The zero-order valence-electron chi connectivity index (χ0n) is 11.4. The maximum Gasteiger partial charge on any atom is 0.188 e. The van der Waals surface area contributed by atoms with Crippen molar-refractivity contribution in [2.75, 3.05) is 19.7 Å². The Morgan fingerprint density at radius 3 is 2.67 bits per heavy atom. The van der Waals surface area contributed by atoms with Crippen molar-refractivity contribution in [3.63, 3.8) is 0 Å². The molecule has 0 aliphatic heterocycles. The molecule has 0 bridgehead atoms. The molecule has 1 fully saturated rings. The van der Waals surface area contributed by atoms with Gasteiger partial charge in [0.1, 0.15) is 0 Å². The van der Waals surface area contributed by atoms with E-state index in [1.807, 2.05) is 0 Å². The molecule has 18 heavy (non-hydrogen) atoms. The van der Waals surface area contributed by atoms with Gasteiger partial charge in [-0.25, -0.2) is 0 Å². The monoisotopic (exact) mass is 369 g/mol. The van der Waals surface area contributed by atoms with Crippen LogP contribution in [0.5, 0.6) is 0 Å². The summed E-state index contributed by atoms with van der Waals surface area (Å²) >= 11 is 0. The van der Waals surface area contributed by atoms with Crippen molar-refractivity contribution in [2.45, 2.75) is 45.4 Å². The third-order valence-electron chi connectivity index (χ3n) is 3.55. The Balaban J connectivity index is 0.00000289. The highest BCUT2D eigenvalue weighted by atomic mass is 127. The lowest BCUT2D eigenvalue weighted by atomic mass is 9.85. The molecule has 4 N–H and O–H groups in total. The molecule has 1 rings (SSSR count). The highest BCUT2D eigenvalue weighted by Crippen LogP contribution is 2.24. The van der Waals surface area contributed by atoms with Gasteiger partial charge in [0.15, 0.2) is 5.96 Å². The number of nitrogens with zero attached hydrogens (tertiary/aromatic N) is 1. The van der Waals surface area contributed by atoms with Crippen LogP contribution in [0.15, 0.2) is 4.99 Å². The lowest BCUT2D eigenvalue weighted by Gasteiger charge is -2.25. The fraction of sp³-hybridized carbons (Fsp3) is 0.923. The van der Waals surface area contributed by atoms with Gasteiger partial charge in [0.05, 0.1) is 0 Å². The van der Waals surface area contributed by atoms with Crippen molar-refractivity contribution in [1.29, 1.82) is 0 Å². The van der Waals surface area contributed by atoms with Crippen LogP contribution < -0.4 is 11.1 Å². The number of aliphatic hydroxyl groups excluding tert-OH is 1. The van der Waals surface area contributed by atoms with Crippen LogP contribution in [0, 0.1) is 11.8 Å². The summed E-state index contributed by atoms with van der Waals surface area (Å²) in [5, 5.41) is 12.1. The van der Waals surface area contributed by atoms with Crippen LogP contribution in [-0.4, -0.2) is 30.8 Å². The molecule has 108 valence electrons. The van der Waals surface area contributed by atoms with E-state index >= 15 is 0 Å². The third-order valence-corrected chi connectivity index (χ3v) is 3.55. The van der Waals surface area contributed by atoms with Crippen molar-refractivity contribution in [3.8, 4) is 0 Å². The summed E-state index contributed by atoms with van der Waals surface area (Å²) in [5.41, 5.74) is 5.82. The van der Waals surface area contributed by atoms with E-state index in [2.05, 4.69) is 17.2 Å². The molecule has 0 aromatic carbocycles. The zero-order chi connectivity index (χ0) is 12.5. The first-order valence-electron chi connectivity index (χ1n) is 6.90. The second kappa shape index (κ2) is 10.8. The van der Waals surface area contributed by atoms with Crippen molar-refractivity contribution >= 4 is 29.9 Å². The maximum absolute atomic E-state index is 8.95. The van der Waals surface area contributed by atoms with Crippen molar-refractivity contribution < 1.29 is 5.11 Å². The molecule has 0 saturated heterocycles. The van der Waals surface area contributed by atoms with Gasteiger partial charge < -0.3 is 16.2 Å². The molecule has 1 aliphatic rings. The molecule has 0 aromatic rings. The molecule has 1 atom stereocenters. The molecule has 1 unspecified atom stereocenters. The zero-order valence-corrected chi connectivity index (χ0v) is 13.7. The third kappa shape index (κ3) is 7.41. The number of nitrogens with one attached hydrogen (secondary N) is 1. The van der Waals surface area contributed by atoms with E-state index in [0.29, 0.717) is 11.9 Å². The summed E-state index contributed by atoms with van der Waals surface area (Å²) in [6.45, 7) is 4.10. The number of guanidine groups is 1. The molecule has 1 aliphatic carbocycles. The van der Waals surface area contributed by atoms with Gasteiger partial charge >= 0.3 is 0 Å². The largest absolute Gasteiger partial charge is 0.396 e. The fourth-order valence-electron chi connectivity index (χ4n) is 2.15.